The number of ether oxygens (including phenoxy) is 4. The first kappa shape index (κ1) is 34.4. The Kier molecular flexibility index (Phi) is 9.24. The molecule has 2 aliphatic heterocycles. The summed E-state index contributed by atoms with van der Waals surface area (Å²) in [6.45, 7) is 9.04. The van der Waals surface area contributed by atoms with Gasteiger partial charge in [0.15, 0.2) is 11.6 Å². The van der Waals surface area contributed by atoms with Crippen molar-refractivity contribution < 1.29 is 28.5 Å². The van der Waals surface area contributed by atoms with Gasteiger partial charge in [0.05, 0.1) is 25.0 Å². The number of rotatable bonds is 9. The highest BCUT2D eigenvalue weighted by molar-refractivity contribution is 6.00. The summed E-state index contributed by atoms with van der Waals surface area (Å²) in [7, 11) is 0. The predicted molar refractivity (Wildman–Crippen MR) is 185 cm³/mol. The number of nitrogens with two attached hydrogens (primary N) is 2. The summed E-state index contributed by atoms with van der Waals surface area (Å²) in [6.07, 6.45) is 3.43. The second kappa shape index (κ2) is 13.4. The second-order valence-electron chi connectivity index (χ2n) is 14.9. The Bertz CT molecular complexity index is 1790. The molecule has 0 spiro atoms. The standard InChI is InChI=1S/C40H42N4O6/c1-39(2)17-29(45)35-31(19-39)49-37(43)27(21-41)33(35)23-7-11-25(12-8-23)47-15-5-6-16-48-26-13-9-24(10-14-26)34-28(22-42)38(44)50-32-20-40(3,4)18-30(46)36(32)34/h7-14,33-34H,5-6,15-20,43-44H2,1-4H3. The van der Waals surface area contributed by atoms with Gasteiger partial charge < -0.3 is 30.4 Å². The fourth-order valence-corrected chi connectivity index (χ4v) is 7.33. The maximum Gasteiger partial charge on any atom is 0.205 e. The van der Waals surface area contributed by atoms with Crippen molar-refractivity contribution >= 4 is 11.6 Å². The smallest absolute Gasteiger partial charge is 0.205 e. The number of Topliss-reactive ketones (excluding diaryl/α,β-unsaturated/α-hetero) is 2. The number of hydrogen-bond donors (Lipinski definition) is 2. The average Bonchev–Trinajstić information content (AvgIpc) is 3.04. The van der Waals surface area contributed by atoms with E-state index in [9.17, 15) is 20.1 Å². The van der Waals surface area contributed by atoms with Crippen LogP contribution in [0.3, 0.4) is 0 Å². The minimum absolute atomic E-state index is 0.0221. The number of hydrogen-bond acceptors (Lipinski definition) is 10. The van der Waals surface area contributed by atoms with Gasteiger partial charge in [-0.15, -0.1) is 0 Å². The van der Waals surface area contributed by atoms with E-state index >= 15 is 0 Å². The second-order valence-corrected chi connectivity index (χ2v) is 14.9. The number of nitriles is 2. The first-order chi connectivity index (χ1) is 23.8. The third kappa shape index (κ3) is 6.84. The van der Waals surface area contributed by atoms with Gasteiger partial charge in [-0.2, -0.15) is 10.5 Å². The maximum atomic E-state index is 13.2. The van der Waals surface area contributed by atoms with Gasteiger partial charge in [-0.05, 0) is 59.1 Å². The average molecular weight is 675 g/mol. The van der Waals surface area contributed by atoms with Crippen LogP contribution in [0.4, 0.5) is 0 Å². The van der Waals surface area contributed by atoms with Crippen molar-refractivity contribution in [3.63, 3.8) is 0 Å². The van der Waals surface area contributed by atoms with E-state index in [1.165, 1.54) is 0 Å². The molecule has 0 aromatic heterocycles. The molecule has 0 bridgehead atoms. The van der Waals surface area contributed by atoms with Crippen LogP contribution in [-0.4, -0.2) is 24.8 Å². The van der Waals surface area contributed by atoms with Crippen molar-refractivity contribution in [1.29, 1.82) is 10.5 Å². The van der Waals surface area contributed by atoms with Gasteiger partial charge in [-0.3, -0.25) is 9.59 Å². The first-order valence-electron chi connectivity index (χ1n) is 16.9. The quantitative estimate of drug-likeness (QED) is 0.269. The molecule has 0 radical (unpaired) electrons. The van der Waals surface area contributed by atoms with E-state index in [2.05, 4.69) is 12.1 Å². The van der Waals surface area contributed by atoms with Gasteiger partial charge in [-0.1, -0.05) is 52.0 Å². The monoisotopic (exact) mass is 674 g/mol. The molecule has 2 aromatic rings. The minimum atomic E-state index is -0.566. The maximum absolute atomic E-state index is 13.2. The number of nitrogens with zero attached hydrogens (tertiary/aromatic N) is 2. The van der Waals surface area contributed by atoms with Crippen molar-refractivity contribution in [2.24, 2.45) is 22.3 Å². The molecule has 0 fully saturated rings. The van der Waals surface area contributed by atoms with Crippen molar-refractivity contribution in [1.82, 2.24) is 0 Å². The number of benzene rings is 2. The molecule has 0 saturated heterocycles. The number of carbonyl (C=O) groups excluding carboxylic acids is 2. The Hall–Kier alpha value is -5.48. The van der Waals surface area contributed by atoms with E-state index in [0.29, 0.717) is 73.1 Å². The molecular formula is C40H42N4O6. The van der Waals surface area contributed by atoms with E-state index in [1.807, 2.05) is 76.2 Å². The molecule has 10 heteroatoms. The van der Waals surface area contributed by atoms with Crippen LogP contribution >= 0.6 is 0 Å². The Morgan fingerprint density at radius 3 is 1.36 bits per heavy atom. The molecule has 50 heavy (non-hydrogen) atoms. The van der Waals surface area contributed by atoms with Crippen molar-refractivity contribution in [2.75, 3.05) is 13.2 Å². The highest BCUT2D eigenvalue weighted by Gasteiger charge is 2.44. The molecule has 0 amide bonds. The fourth-order valence-electron chi connectivity index (χ4n) is 7.33. The minimum Gasteiger partial charge on any atom is -0.494 e. The van der Waals surface area contributed by atoms with Gasteiger partial charge in [0.25, 0.3) is 0 Å². The molecule has 2 aromatic carbocycles. The van der Waals surface area contributed by atoms with Crippen LogP contribution in [0.2, 0.25) is 0 Å². The molecular weight excluding hydrogens is 632 g/mol. The van der Waals surface area contributed by atoms with Crippen LogP contribution in [0.15, 0.2) is 94.1 Å². The Labute approximate surface area is 292 Å². The lowest BCUT2D eigenvalue weighted by atomic mass is 9.70. The summed E-state index contributed by atoms with van der Waals surface area (Å²) in [5.41, 5.74) is 14.9. The van der Waals surface area contributed by atoms with Crippen LogP contribution in [0.5, 0.6) is 11.5 Å². The van der Waals surface area contributed by atoms with E-state index < -0.39 is 11.8 Å². The number of unbranched alkanes of at least 4 members (excludes halogenated alkanes) is 1. The summed E-state index contributed by atoms with van der Waals surface area (Å²) in [6, 6.07) is 19.1. The van der Waals surface area contributed by atoms with Crippen LogP contribution in [-0.2, 0) is 19.1 Å². The summed E-state index contributed by atoms with van der Waals surface area (Å²) >= 11 is 0. The van der Waals surface area contributed by atoms with Gasteiger partial charge >= 0.3 is 0 Å². The van der Waals surface area contributed by atoms with E-state index in [0.717, 1.165) is 24.0 Å². The molecule has 6 rings (SSSR count). The van der Waals surface area contributed by atoms with Gasteiger partial charge in [-0.25, -0.2) is 0 Å². The molecule has 10 nitrogen and oxygen atoms in total. The molecule has 4 N–H and O–H groups in total. The van der Waals surface area contributed by atoms with E-state index in [-0.39, 0.29) is 45.3 Å². The SMILES string of the molecule is CC1(C)CC(=O)C2=C(C1)OC(N)=C(C#N)C2c1ccc(OCCCCOc2ccc(C3C(C#N)=C(N)OC4=C3C(=O)CC(C)(C)C4)cc2)cc1. The third-order valence-electron chi connectivity index (χ3n) is 9.65. The Balaban J connectivity index is 1.02. The molecule has 4 aliphatic rings. The third-order valence-corrected chi connectivity index (χ3v) is 9.65. The van der Waals surface area contributed by atoms with Crippen LogP contribution in [0.1, 0.15) is 89.2 Å². The van der Waals surface area contributed by atoms with Crippen LogP contribution < -0.4 is 20.9 Å². The lowest BCUT2D eigenvalue weighted by Crippen LogP contribution is -2.33. The Morgan fingerprint density at radius 2 is 1.02 bits per heavy atom. The first-order valence-corrected chi connectivity index (χ1v) is 16.9. The van der Waals surface area contributed by atoms with Gasteiger partial charge in [0.2, 0.25) is 11.8 Å². The van der Waals surface area contributed by atoms with Gasteiger partial charge in [0, 0.05) is 36.8 Å². The number of ketones is 2. The highest BCUT2D eigenvalue weighted by atomic mass is 16.5. The molecule has 2 aliphatic carbocycles. The molecule has 2 unspecified atom stereocenters. The van der Waals surface area contributed by atoms with Crippen LogP contribution in [0.25, 0.3) is 0 Å². The van der Waals surface area contributed by atoms with E-state index in [4.69, 9.17) is 30.4 Å². The van der Waals surface area contributed by atoms with Crippen molar-refractivity contribution in [2.45, 2.75) is 78.1 Å². The molecule has 2 atom stereocenters. The van der Waals surface area contributed by atoms with Crippen molar-refractivity contribution in [3.05, 3.63) is 105 Å². The number of allylic oxidation sites excluding steroid dienone is 6. The summed E-state index contributed by atoms with van der Waals surface area (Å²) in [5.74, 6) is 1.38. The normalized spacial score (nSPS) is 22.5. The van der Waals surface area contributed by atoms with Crippen molar-refractivity contribution in [3.8, 4) is 23.6 Å². The predicted octanol–water partition coefficient (Wildman–Crippen LogP) is 6.83. The van der Waals surface area contributed by atoms with Gasteiger partial charge in [0.1, 0.15) is 46.3 Å². The number of carbonyl (C=O) groups is 2. The zero-order chi connectivity index (χ0) is 35.8. The largest absolute Gasteiger partial charge is 0.494 e. The zero-order valence-electron chi connectivity index (χ0n) is 28.9. The summed E-state index contributed by atoms with van der Waals surface area (Å²) in [4.78, 5) is 26.4. The zero-order valence-corrected chi connectivity index (χ0v) is 28.9. The fraction of sp³-hybridized carbons (Fsp3) is 0.400. The van der Waals surface area contributed by atoms with Crippen LogP contribution in [0, 0.1) is 33.5 Å². The molecule has 2 heterocycles. The summed E-state index contributed by atoms with van der Waals surface area (Å²) in [5, 5.41) is 19.7. The summed E-state index contributed by atoms with van der Waals surface area (Å²) < 4.78 is 23.5. The Morgan fingerprint density at radius 1 is 0.660 bits per heavy atom. The molecule has 258 valence electrons. The molecule has 0 saturated carbocycles. The lowest BCUT2D eigenvalue weighted by molar-refractivity contribution is -0.119. The topological polar surface area (TPSA) is 171 Å². The van der Waals surface area contributed by atoms with E-state index in [1.54, 1.807) is 0 Å². The highest BCUT2D eigenvalue weighted by Crippen LogP contribution is 2.49. The lowest BCUT2D eigenvalue weighted by Gasteiger charge is -2.37.